The van der Waals surface area contributed by atoms with E-state index in [2.05, 4.69) is 20.3 Å². The summed E-state index contributed by atoms with van der Waals surface area (Å²) < 4.78 is 46.2. The summed E-state index contributed by atoms with van der Waals surface area (Å²) in [6.07, 6.45) is -0.283. The first-order valence-corrected chi connectivity index (χ1v) is 22.7. The molecule has 0 saturated carbocycles. The Balaban J connectivity index is 1.41. The van der Waals surface area contributed by atoms with Crippen molar-refractivity contribution in [2.24, 2.45) is 5.92 Å². The minimum atomic E-state index is -2.95. The maximum atomic E-state index is 13.5. The number of nitrogens with zero attached hydrogens (tertiary/aromatic N) is 3. The molecule has 0 unspecified atom stereocenters. The summed E-state index contributed by atoms with van der Waals surface area (Å²) >= 11 is -0.281. The Morgan fingerprint density at radius 2 is 1.62 bits per heavy atom. The van der Waals surface area contributed by atoms with Crippen molar-refractivity contribution < 1.29 is 32.8 Å². The number of H-pyrrole nitrogens is 1. The second kappa shape index (κ2) is 15.8. The molecule has 1 fully saturated rings. The maximum absolute atomic E-state index is 13.5. The van der Waals surface area contributed by atoms with Gasteiger partial charge in [-0.25, -0.2) is 0 Å². The molecule has 2 aromatic heterocycles. The zero-order valence-electron chi connectivity index (χ0n) is 29.8. The fraction of sp³-hybridized carbons (Fsp3) is 0.351. The normalized spacial score (nSPS) is 18.7. The third kappa shape index (κ3) is 7.73. The molecular formula is C37H42N5O8PSe. The summed E-state index contributed by atoms with van der Waals surface area (Å²) in [6.45, 7) is 5.15. The van der Waals surface area contributed by atoms with Crippen molar-refractivity contribution in [1.29, 1.82) is 0 Å². The number of carbonyl (C=O) groups is 1. The van der Waals surface area contributed by atoms with Crippen molar-refractivity contribution >= 4 is 43.6 Å². The monoisotopic (exact) mass is 795 g/mol. The van der Waals surface area contributed by atoms with Crippen LogP contribution in [0.5, 0.6) is 11.5 Å². The summed E-state index contributed by atoms with van der Waals surface area (Å²) in [5, 5.41) is 2.65. The number of benzene rings is 3. The number of nitrogens with one attached hydrogen (secondary N) is 2. The van der Waals surface area contributed by atoms with Crippen LogP contribution in [0.2, 0.25) is 5.82 Å². The van der Waals surface area contributed by atoms with E-state index in [1.807, 2.05) is 84.7 Å². The molecule has 6 rings (SSSR count). The number of imidazole rings is 1. The Morgan fingerprint density at radius 1 is 1.02 bits per heavy atom. The minimum absolute atomic E-state index is 0.00185. The fourth-order valence-electron chi connectivity index (χ4n) is 6.16. The van der Waals surface area contributed by atoms with Crippen LogP contribution in [0.4, 0.5) is 5.95 Å². The van der Waals surface area contributed by atoms with Crippen LogP contribution in [0.3, 0.4) is 0 Å². The van der Waals surface area contributed by atoms with Gasteiger partial charge in [0.05, 0.1) is 14.2 Å². The summed E-state index contributed by atoms with van der Waals surface area (Å²) in [5.74, 6) is 2.65. The van der Waals surface area contributed by atoms with E-state index in [9.17, 15) is 14.2 Å². The van der Waals surface area contributed by atoms with E-state index in [1.54, 1.807) is 39.3 Å². The number of aromatic nitrogens is 4. The summed E-state index contributed by atoms with van der Waals surface area (Å²) in [4.78, 5) is 36.8. The van der Waals surface area contributed by atoms with Gasteiger partial charge in [-0.3, -0.25) is 0 Å². The molecule has 5 aromatic rings. The molecule has 52 heavy (non-hydrogen) atoms. The second-order valence-corrected chi connectivity index (χ2v) is 21.3. The van der Waals surface area contributed by atoms with Crippen LogP contribution >= 0.6 is 6.06 Å². The van der Waals surface area contributed by atoms with Crippen molar-refractivity contribution in [3.8, 4) is 11.5 Å². The molecule has 274 valence electrons. The van der Waals surface area contributed by atoms with Crippen molar-refractivity contribution in [1.82, 2.24) is 19.5 Å². The molecule has 1 saturated heterocycles. The van der Waals surface area contributed by atoms with E-state index < -0.39 is 35.7 Å². The van der Waals surface area contributed by atoms with Crippen LogP contribution in [0.1, 0.15) is 43.2 Å². The molecule has 1 aliphatic rings. The van der Waals surface area contributed by atoms with Crippen LogP contribution in [0.25, 0.3) is 11.2 Å². The molecular weight excluding hydrogens is 752 g/mol. The Labute approximate surface area is 307 Å². The van der Waals surface area contributed by atoms with Gasteiger partial charge in [0.15, 0.2) is 0 Å². The standard InChI is InChI=1S/C37H42N5O8PSe/c1-23(2)34(43)40-36-39-33-32(35(44)41-36)38-22-42(33)31-20-29(50-51(5,45)52-6)30(49-31)21-48-37(24-10-8-7-9-11-24,25-12-16-27(46-3)17-13-25)26-14-18-28(47-4)19-15-26/h7-19,22-23,29-31H,20-21H2,1-6H3,(H2,39,40,41,43,44)/t29-,30+,31+,51+/m0/s1. The van der Waals surface area contributed by atoms with Crippen LogP contribution in [0.15, 0.2) is 90.0 Å². The summed E-state index contributed by atoms with van der Waals surface area (Å²) in [6, 6.07) is 22.4. The van der Waals surface area contributed by atoms with Gasteiger partial charge in [-0.05, 0) is 0 Å². The van der Waals surface area contributed by atoms with Crippen molar-refractivity contribution in [3.63, 3.8) is 0 Å². The van der Waals surface area contributed by atoms with Gasteiger partial charge in [-0.15, -0.1) is 0 Å². The van der Waals surface area contributed by atoms with Gasteiger partial charge in [0.2, 0.25) is 0 Å². The third-order valence-electron chi connectivity index (χ3n) is 8.99. The van der Waals surface area contributed by atoms with Crippen molar-refractivity contribution in [2.45, 2.75) is 50.1 Å². The zero-order valence-corrected chi connectivity index (χ0v) is 32.4. The van der Waals surface area contributed by atoms with E-state index in [4.69, 9.17) is 23.5 Å². The van der Waals surface area contributed by atoms with E-state index >= 15 is 0 Å². The number of aromatic amines is 1. The number of hydrogen-bond acceptors (Lipinski definition) is 10. The Morgan fingerprint density at radius 3 is 2.17 bits per heavy atom. The number of carbonyl (C=O) groups excluding carboxylic acids is 1. The predicted octanol–water partition coefficient (Wildman–Crippen LogP) is 5.99. The van der Waals surface area contributed by atoms with E-state index in [0.29, 0.717) is 11.5 Å². The molecule has 0 spiro atoms. The number of amides is 1. The molecule has 0 aliphatic carbocycles. The topological polar surface area (TPSA) is 156 Å². The van der Waals surface area contributed by atoms with E-state index in [1.165, 1.54) is 6.33 Å². The first-order valence-electron chi connectivity index (χ1n) is 16.7. The van der Waals surface area contributed by atoms with E-state index in [0.717, 1.165) is 16.7 Å². The quantitative estimate of drug-likeness (QED) is 0.0779. The van der Waals surface area contributed by atoms with Crippen LogP contribution in [-0.2, 0) is 29.0 Å². The van der Waals surface area contributed by atoms with Gasteiger partial charge in [0.25, 0.3) is 0 Å². The Hall–Kier alpha value is -4.29. The first-order chi connectivity index (χ1) is 25.0. The number of hydrogen-bond donors (Lipinski definition) is 2. The SMILES string of the molecule is COc1ccc(C(OC[C@H]2O[C@@H](n3cnc4c(=O)[nH]c(NC(=O)C(C)C)nc43)C[C@@H]2O[P@@](C)(=O)[Se]C)(c2ccccc2)c2ccc(OC)cc2)cc1. The Bertz CT molecular complexity index is 2060. The number of ether oxygens (including phenoxy) is 4. The molecule has 1 aliphatic heterocycles. The van der Waals surface area contributed by atoms with Crippen LogP contribution in [0, 0.1) is 5.92 Å². The number of methoxy groups -OCH3 is 2. The zero-order chi connectivity index (χ0) is 37.0. The second-order valence-electron chi connectivity index (χ2n) is 12.7. The number of anilines is 1. The third-order valence-corrected chi connectivity index (χ3v) is 15.0. The molecule has 0 radical (unpaired) electrons. The van der Waals surface area contributed by atoms with E-state index in [-0.39, 0.29) is 56.5 Å². The van der Waals surface area contributed by atoms with Gasteiger partial charge in [-0.2, -0.15) is 0 Å². The van der Waals surface area contributed by atoms with Gasteiger partial charge < -0.3 is 0 Å². The van der Waals surface area contributed by atoms with Gasteiger partial charge >= 0.3 is 280 Å². The molecule has 2 N–H and O–H groups in total. The molecule has 13 nitrogen and oxygen atoms in total. The Kier molecular flexibility index (Phi) is 11.4. The summed E-state index contributed by atoms with van der Waals surface area (Å²) in [5.41, 5.74) is 1.23. The summed E-state index contributed by atoms with van der Waals surface area (Å²) in [7, 11) is 3.24. The molecule has 3 heterocycles. The molecule has 3 aromatic carbocycles. The average Bonchev–Trinajstić information content (AvgIpc) is 3.76. The molecule has 15 heteroatoms. The van der Waals surface area contributed by atoms with Gasteiger partial charge in [-0.1, -0.05) is 13.8 Å². The van der Waals surface area contributed by atoms with Crippen LogP contribution in [-0.4, -0.2) is 79.6 Å². The van der Waals surface area contributed by atoms with Gasteiger partial charge in [0.1, 0.15) is 0 Å². The van der Waals surface area contributed by atoms with Crippen LogP contribution < -0.4 is 20.3 Å². The molecule has 4 atom stereocenters. The molecule has 1 amide bonds. The average molecular weight is 795 g/mol. The van der Waals surface area contributed by atoms with Crippen molar-refractivity contribution in [3.05, 3.63) is 112 Å². The molecule has 0 bridgehead atoms. The predicted molar refractivity (Wildman–Crippen MR) is 198 cm³/mol. The number of rotatable bonds is 14. The fourth-order valence-corrected chi connectivity index (χ4v) is 8.20. The first kappa shape index (κ1) is 37.5. The van der Waals surface area contributed by atoms with Gasteiger partial charge in [0, 0.05) is 0 Å². The van der Waals surface area contributed by atoms with Crippen molar-refractivity contribution in [2.75, 3.05) is 32.8 Å². The number of fused-ring (bicyclic) bond motifs is 1.